The number of halogens is 1. The van der Waals surface area contributed by atoms with Crippen molar-refractivity contribution >= 4 is 34.2 Å². The van der Waals surface area contributed by atoms with Gasteiger partial charge in [0, 0.05) is 11.1 Å². The molecule has 0 aliphatic carbocycles. The second-order valence-electron chi connectivity index (χ2n) is 3.10. The summed E-state index contributed by atoms with van der Waals surface area (Å²) in [7, 11) is 0. The molecule has 6 heteroatoms. The smallest absolute Gasteiger partial charge is 0.158 e. The Morgan fingerprint density at radius 2 is 2.33 bits per heavy atom. The van der Waals surface area contributed by atoms with Gasteiger partial charge in [0.1, 0.15) is 0 Å². The molecule has 0 radical (unpaired) electrons. The number of hydrogen-bond donors (Lipinski definition) is 1. The number of nitrogen functional groups attached to an aromatic ring is 1. The highest BCUT2D eigenvalue weighted by Crippen LogP contribution is 2.24. The standard InChI is InChI=1S/C9H8ClN3O2/c10-9-6-2-1-5(11)3-7(6)13(12-9)4-8(14)15/h1-3H,4,11H2,(H,14,15)/p-1. The predicted octanol–water partition coefficient (Wildman–Crippen LogP) is 0.0218. The van der Waals surface area contributed by atoms with Gasteiger partial charge in [0.15, 0.2) is 5.15 Å². The van der Waals surface area contributed by atoms with E-state index in [-0.39, 0.29) is 11.7 Å². The highest BCUT2D eigenvalue weighted by atomic mass is 35.5. The van der Waals surface area contributed by atoms with E-state index in [0.29, 0.717) is 16.6 Å². The van der Waals surface area contributed by atoms with Crippen LogP contribution >= 0.6 is 11.6 Å². The van der Waals surface area contributed by atoms with Crippen LogP contribution in [0.15, 0.2) is 18.2 Å². The molecule has 0 saturated carbocycles. The summed E-state index contributed by atoms with van der Waals surface area (Å²) in [5, 5.41) is 15.3. The number of fused-ring (bicyclic) bond motifs is 1. The molecule has 1 aromatic carbocycles. The fraction of sp³-hybridized carbons (Fsp3) is 0.111. The van der Waals surface area contributed by atoms with Gasteiger partial charge in [0.05, 0.1) is 18.0 Å². The van der Waals surface area contributed by atoms with Crippen LogP contribution in [0.2, 0.25) is 5.15 Å². The van der Waals surface area contributed by atoms with Crippen molar-refractivity contribution in [2.75, 3.05) is 5.73 Å². The summed E-state index contributed by atoms with van der Waals surface area (Å²) in [6.07, 6.45) is 0. The van der Waals surface area contributed by atoms with Crippen LogP contribution in [0.1, 0.15) is 0 Å². The SMILES string of the molecule is Nc1ccc2c(Cl)nn(CC(=O)[O-])c2c1. The Morgan fingerprint density at radius 3 is 3.00 bits per heavy atom. The van der Waals surface area contributed by atoms with E-state index < -0.39 is 5.97 Å². The van der Waals surface area contributed by atoms with Crippen LogP contribution in [0.25, 0.3) is 10.9 Å². The number of carbonyl (C=O) groups is 1. The molecule has 0 atom stereocenters. The number of aromatic nitrogens is 2. The van der Waals surface area contributed by atoms with Gasteiger partial charge in [-0.1, -0.05) is 11.6 Å². The summed E-state index contributed by atoms with van der Waals surface area (Å²) in [5.41, 5.74) is 6.70. The van der Waals surface area contributed by atoms with Gasteiger partial charge in [-0.2, -0.15) is 5.10 Å². The zero-order chi connectivity index (χ0) is 11.0. The zero-order valence-corrected chi connectivity index (χ0v) is 8.36. The fourth-order valence-electron chi connectivity index (χ4n) is 1.39. The summed E-state index contributed by atoms with van der Waals surface area (Å²) in [6, 6.07) is 5.00. The van der Waals surface area contributed by atoms with Gasteiger partial charge in [-0.05, 0) is 18.2 Å². The van der Waals surface area contributed by atoms with E-state index in [0.717, 1.165) is 0 Å². The summed E-state index contributed by atoms with van der Waals surface area (Å²) in [6.45, 7) is -0.341. The minimum atomic E-state index is -1.22. The second kappa shape index (κ2) is 3.43. The molecule has 5 nitrogen and oxygen atoms in total. The number of carbonyl (C=O) groups excluding carboxylic acids is 1. The molecule has 0 spiro atoms. The van der Waals surface area contributed by atoms with Gasteiger partial charge in [0.2, 0.25) is 0 Å². The lowest BCUT2D eigenvalue weighted by Crippen LogP contribution is -2.27. The van der Waals surface area contributed by atoms with Crippen molar-refractivity contribution in [3.8, 4) is 0 Å². The molecule has 78 valence electrons. The number of rotatable bonds is 2. The maximum absolute atomic E-state index is 10.5. The molecule has 0 aliphatic rings. The first kappa shape index (κ1) is 9.79. The summed E-state index contributed by atoms with van der Waals surface area (Å²) in [5.74, 6) is -1.22. The number of carboxylic acids is 1. The molecule has 0 fully saturated rings. The number of nitrogens with two attached hydrogens (primary N) is 1. The van der Waals surface area contributed by atoms with Crippen molar-refractivity contribution in [2.24, 2.45) is 0 Å². The molecular weight excluding hydrogens is 218 g/mol. The van der Waals surface area contributed by atoms with E-state index in [1.54, 1.807) is 18.2 Å². The normalized spacial score (nSPS) is 10.7. The lowest BCUT2D eigenvalue weighted by atomic mass is 10.2. The van der Waals surface area contributed by atoms with Crippen LogP contribution in [0.3, 0.4) is 0 Å². The minimum Gasteiger partial charge on any atom is -0.548 e. The van der Waals surface area contributed by atoms with Crippen LogP contribution in [0.4, 0.5) is 5.69 Å². The third-order valence-corrected chi connectivity index (χ3v) is 2.29. The van der Waals surface area contributed by atoms with E-state index >= 15 is 0 Å². The predicted molar refractivity (Wildman–Crippen MR) is 54.2 cm³/mol. The average molecular weight is 225 g/mol. The van der Waals surface area contributed by atoms with E-state index in [2.05, 4.69) is 5.10 Å². The average Bonchev–Trinajstić information content (AvgIpc) is 2.42. The Bertz CT molecular complexity index is 535. The lowest BCUT2D eigenvalue weighted by Gasteiger charge is -2.03. The maximum atomic E-state index is 10.5. The van der Waals surface area contributed by atoms with Crippen molar-refractivity contribution in [3.05, 3.63) is 23.4 Å². The molecule has 1 heterocycles. The Labute approximate surface area is 90.0 Å². The van der Waals surface area contributed by atoms with Gasteiger partial charge in [0.25, 0.3) is 0 Å². The highest BCUT2D eigenvalue weighted by Gasteiger charge is 2.08. The minimum absolute atomic E-state index is 0.256. The Hall–Kier alpha value is -1.75. The first-order chi connectivity index (χ1) is 7.08. The number of hydrogen-bond acceptors (Lipinski definition) is 4. The first-order valence-electron chi connectivity index (χ1n) is 4.19. The molecule has 15 heavy (non-hydrogen) atoms. The van der Waals surface area contributed by atoms with Gasteiger partial charge in [-0.15, -0.1) is 0 Å². The molecular formula is C9H7ClN3O2-. The van der Waals surface area contributed by atoms with Crippen LogP contribution in [0.5, 0.6) is 0 Å². The Morgan fingerprint density at radius 1 is 1.60 bits per heavy atom. The van der Waals surface area contributed by atoms with E-state index in [1.807, 2.05) is 0 Å². The third-order valence-electron chi connectivity index (χ3n) is 2.01. The number of nitrogens with zero attached hydrogens (tertiary/aromatic N) is 2. The van der Waals surface area contributed by atoms with E-state index in [1.165, 1.54) is 4.68 Å². The zero-order valence-electron chi connectivity index (χ0n) is 7.61. The summed E-state index contributed by atoms with van der Waals surface area (Å²) in [4.78, 5) is 10.5. The van der Waals surface area contributed by atoms with Crippen molar-refractivity contribution in [1.82, 2.24) is 9.78 Å². The van der Waals surface area contributed by atoms with Gasteiger partial charge in [-0.25, -0.2) is 0 Å². The van der Waals surface area contributed by atoms with Crippen LogP contribution < -0.4 is 10.8 Å². The number of carboxylic acid groups (broad SMARTS) is 1. The molecule has 0 saturated heterocycles. The van der Waals surface area contributed by atoms with Crippen LogP contribution in [0, 0.1) is 0 Å². The monoisotopic (exact) mass is 224 g/mol. The van der Waals surface area contributed by atoms with Crippen molar-refractivity contribution in [2.45, 2.75) is 6.54 Å². The topological polar surface area (TPSA) is 84.0 Å². The third kappa shape index (κ3) is 1.73. The van der Waals surface area contributed by atoms with Crippen LogP contribution in [-0.4, -0.2) is 15.7 Å². The quantitative estimate of drug-likeness (QED) is 0.729. The van der Waals surface area contributed by atoms with Crippen molar-refractivity contribution in [3.63, 3.8) is 0 Å². The molecule has 2 N–H and O–H groups in total. The molecule has 0 unspecified atom stereocenters. The Balaban J connectivity index is 2.64. The molecule has 0 amide bonds. The maximum Gasteiger partial charge on any atom is 0.158 e. The van der Waals surface area contributed by atoms with E-state index in [9.17, 15) is 9.90 Å². The molecule has 2 rings (SSSR count). The first-order valence-corrected chi connectivity index (χ1v) is 4.57. The van der Waals surface area contributed by atoms with Gasteiger partial charge >= 0.3 is 0 Å². The van der Waals surface area contributed by atoms with Gasteiger partial charge in [-0.3, -0.25) is 4.68 Å². The number of aliphatic carboxylic acids is 1. The molecule has 2 aromatic rings. The fourth-order valence-corrected chi connectivity index (χ4v) is 1.64. The largest absolute Gasteiger partial charge is 0.548 e. The molecule has 1 aromatic heterocycles. The summed E-state index contributed by atoms with van der Waals surface area (Å²) < 4.78 is 1.25. The Kier molecular flexibility index (Phi) is 2.24. The van der Waals surface area contributed by atoms with Crippen molar-refractivity contribution in [1.29, 1.82) is 0 Å². The van der Waals surface area contributed by atoms with Crippen LogP contribution in [-0.2, 0) is 11.3 Å². The van der Waals surface area contributed by atoms with E-state index in [4.69, 9.17) is 17.3 Å². The number of anilines is 1. The summed E-state index contributed by atoms with van der Waals surface area (Å²) >= 11 is 5.83. The molecule has 0 aliphatic heterocycles. The lowest BCUT2D eigenvalue weighted by molar-refractivity contribution is -0.306. The second-order valence-corrected chi connectivity index (χ2v) is 3.46. The molecule has 0 bridgehead atoms. The number of benzene rings is 1. The van der Waals surface area contributed by atoms with Gasteiger partial charge < -0.3 is 15.6 Å². The highest BCUT2D eigenvalue weighted by molar-refractivity contribution is 6.34. The van der Waals surface area contributed by atoms with Crippen molar-refractivity contribution < 1.29 is 9.90 Å².